The summed E-state index contributed by atoms with van der Waals surface area (Å²) >= 11 is 11.0. The predicted octanol–water partition coefficient (Wildman–Crippen LogP) is 2.57. The van der Waals surface area contributed by atoms with Crippen LogP contribution < -0.4 is 10.6 Å². The van der Waals surface area contributed by atoms with Crippen molar-refractivity contribution in [2.75, 3.05) is 11.9 Å². The zero-order valence-electron chi connectivity index (χ0n) is 8.30. The van der Waals surface area contributed by atoms with Crippen LogP contribution in [-0.2, 0) is 0 Å². The summed E-state index contributed by atoms with van der Waals surface area (Å²) in [5.74, 6) is 2.45. The minimum atomic E-state index is 0.408. The number of hydrogen-bond donors (Lipinski definition) is 2. The highest BCUT2D eigenvalue weighted by atomic mass is 35.5. The Morgan fingerprint density at radius 2 is 2.33 bits per heavy atom. The number of nitrogens with one attached hydrogen (secondary N) is 2. The van der Waals surface area contributed by atoms with Gasteiger partial charge in [-0.3, -0.25) is 0 Å². The van der Waals surface area contributed by atoms with Crippen LogP contribution in [0, 0.1) is 19.3 Å². The summed E-state index contributed by atoms with van der Waals surface area (Å²) in [5, 5.41) is 7.10. The van der Waals surface area contributed by atoms with Gasteiger partial charge in [-0.15, -0.1) is 6.42 Å². The van der Waals surface area contributed by atoms with Crippen LogP contribution in [0.3, 0.4) is 0 Å². The Hall–Kier alpha value is -1.24. The van der Waals surface area contributed by atoms with Crippen LogP contribution in [0.25, 0.3) is 0 Å². The highest BCUT2D eigenvalue weighted by molar-refractivity contribution is 7.80. The van der Waals surface area contributed by atoms with Gasteiger partial charge in [0.1, 0.15) is 0 Å². The topological polar surface area (TPSA) is 24.1 Å². The molecule has 1 rings (SSSR count). The lowest BCUT2D eigenvalue weighted by atomic mass is 10.2. The summed E-state index contributed by atoms with van der Waals surface area (Å²) in [6.45, 7) is 2.33. The van der Waals surface area contributed by atoms with Gasteiger partial charge in [-0.1, -0.05) is 23.6 Å². The molecule has 1 aromatic carbocycles. The lowest BCUT2D eigenvalue weighted by Gasteiger charge is -2.11. The Morgan fingerprint density at radius 1 is 1.60 bits per heavy atom. The van der Waals surface area contributed by atoms with Crippen LogP contribution in [0.15, 0.2) is 18.2 Å². The van der Waals surface area contributed by atoms with Gasteiger partial charge in [0.25, 0.3) is 0 Å². The van der Waals surface area contributed by atoms with Crippen LogP contribution in [0.1, 0.15) is 5.56 Å². The summed E-state index contributed by atoms with van der Waals surface area (Å²) in [6, 6.07) is 5.60. The second kappa shape index (κ2) is 5.59. The standard InChI is InChI=1S/C11H11ClN2S/c1-3-7-13-11(15)14-10-6-4-5-9(12)8(10)2/h1,4-6H,7H2,2H3,(H2,13,14,15). The van der Waals surface area contributed by atoms with Crippen molar-refractivity contribution in [2.24, 2.45) is 0 Å². The quantitative estimate of drug-likeness (QED) is 0.612. The van der Waals surface area contributed by atoms with Crippen molar-refractivity contribution < 1.29 is 0 Å². The molecule has 0 radical (unpaired) electrons. The summed E-state index contributed by atoms with van der Waals surface area (Å²) in [6.07, 6.45) is 5.10. The minimum absolute atomic E-state index is 0.408. The van der Waals surface area contributed by atoms with Crippen molar-refractivity contribution in [2.45, 2.75) is 6.92 Å². The third-order valence-electron chi connectivity index (χ3n) is 1.87. The van der Waals surface area contributed by atoms with E-state index < -0.39 is 0 Å². The van der Waals surface area contributed by atoms with Crippen LogP contribution in [0.4, 0.5) is 5.69 Å². The first-order valence-electron chi connectivity index (χ1n) is 4.38. The molecule has 78 valence electrons. The van der Waals surface area contributed by atoms with Crippen LogP contribution >= 0.6 is 23.8 Å². The number of benzene rings is 1. The van der Waals surface area contributed by atoms with E-state index >= 15 is 0 Å². The van der Waals surface area contributed by atoms with Gasteiger partial charge in [-0.2, -0.15) is 0 Å². The van der Waals surface area contributed by atoms with Gasteiger partial charge in [0.05, 0.1) is 6.54 Å². The second-order valence-electron chi connectivity index (χ2n) is 2.92. The Labute approximate surface area is 100 Å². The van der Waals surface area contributed by atoms with Gasteiger partial charge in [-0.05, 0) is 36.8 Å². The number of hydrogen-bond acceptors (Lipinski definition) is 1. The van der Waals surface area contributed by atoms with Crippen LogP contribution in [0.2, 0.25) is 5.02 Å². The Bertz CT molecular complexity index is 410. The number of anilines is 1. The molecular formula is C11H11ClN2S. The molecule has 2 N–H and O–H groups in total. The largest absolute Gasteiger partial charge is 0.352 e. The van der Waals surface area contributed by atoms with Crippen molar-refractivity contribution in [3.63, 3.8) is 0 Å². The Morgan fingerprint density at radius 3 is 3.00 bits per heavy atom. The molecule has 1 aromatic rings. The fraction of sp³-hybridized carbons (Fsp3) is 0.182. The average Bonchev–Trinajstić information content (AvgIpc) is 2.22. The van der Waals surface area contributed by atoms with Crippen LogP contribution in [0.5, 0.6) is 0 Å². The van der Waals surface area contributed by atoms with E-state index in [0.29, 0.717) is 16.7 Å². The molecule has 0 aliphatic carbocycles. The maximum Gasteiger partial charge on any atom is 0.171 e. The molecular weight excluding hydrogens is 228 g/mol. The minimum Gasteiger partial charge on any atom is -0.352 e. The molecule has 0 aromatic heterocycles. The number of thiocarbonyl (C=S) groups is 1. The van der Waals surface area contributed by atoms with E-state index in [-0.39, 0.29) is 0 Å². The van der Waals surface area contributed by atoms with Crippen molar-refractivity contribution in [1.29, 1.82) is 0 Å². The average molecular weight is 239 g/mol. The molecule has 0 aliphatic rings. The smallest absolute Gasteiger partial charge is 0.171 e. The molecule has 2 nitrogen and oxygen atoms in total. The maximum absolute atomic E-state index is 5.97. The van der Waals surface area contributed by atoms with Gasteiger partial charge in [0.2, 0.25) is 0 Å². The molecule has 0 aliphatic heterocycles. The first kappa shape index (κ1) is 11.8. The van der Waals surface area contributed by atoms with Gasteiger partial charge in [0.15, 0.2) is 5.11 Å². The van der Waals surface area contributed by atoms with E-state index in [4.69, 9.17) is 30.2 Å². The molecule has 0 bridgehead atoms. The molecule has 0 unspecified atom stereocenters. The van der Waals surface area contributed by atoms with Gasteiger partial charge in [0, 0.05) is 10.7 Å². The first-order chi connectivity index (χ1) is 7.15. The highest BCUT2D eigenvalue weighted by Gasteiger charge is 2.02. The number of halogens is 1. The van der Waals surface area contributed by atoms with E-state index in [1.165, 1.54) is 0 Å². The lowest BCUT2D eigenvalue weighted by Crippen LogP contribution is -2.28. The van der Waals surface area contributed by atoms with Crippen molar-refractivity contribution >= 4 is 34.6 Å². The predicted molar refractivity (Wildman–Crippen MR) is 69.2 cm³/mol. The summed E-state index contributed by atoms with van der Waals surface area (Å²) < 4.78 is 0. The summed E-state index contributed by atoms with van der Waals surface area (Å²) in [4.78, 5) is 0. The third kappa shape index (κ3) is 3.43. The zero-order valence-corrected chi connectivity index (χ0v) is 9.88. The van der Waals surface area contributed by atoms with E-state index in [1.54, 1.807) is 0 Å². The van der Waals surface area contributed by atoms with Gasteiger partial charge >= 0.3 is 0 Å². The second-order valence-corrected chi connectivity index (χ2v) is 3.74. The summed E-state index contributed by atoms with van der Waals surface area (Å²) in [7, 11) is 0. The van der Waals surface area contributed by atoms with E-state index in [9.17, 15) is 0 Å². The molecule has 15 heavy (non-hydrogen) atoms. The zero-order chi connectivity index (χ0) is 11.3. The molecule has 0 saturated heterocycles. The molecule has 0 atom stereocenters. The van der Waals surface area contributed by atoms with E-state index in [1.807, 2.05) is 25.1 Å². The van der Waals surface area contributed by atoms with Crippen molar-refractivity contribution in [3.05, 3.63) is 28.8 Å². The molecule has 0 spiro atoms. The Balaban J connectivity index is 2.69. The summed E-state index contributed by atoms with van der Waals surface area (Å²) in [5.41, 5.74) is 1.85. The van der Waals surface area contributed by atoms with Crippen LogP contribution in [-0.4, -0.2) is 11.7 Å². The fourth-order valence-electron chi connectivity index (χ4n) is 1.04. The molecule has 0 saturated carbocycles. The third-order valence-corrected chi connectivity index (χ3v) is 2.52. The van der Waals surface area contributed by atoms with Gasteiger partial charge < -0.3 is 10.6 Å². The van der Waals surface area contributed by atoms with Crippen molar-refractivity contribution in [3.8, 4) is 12.3 Å². The highest BCUT2D eigenvalue weighted by Crippen LogP contribution is 2.22. The first-order valence-corrected chi connectivity index (χ1v) is 5.17. The van der Waals surface area contributed by atoms with E-state index in [0.717, 1.165) is 11.3 Å². The normalized spacial score (nSPS) is 9.13. The molecule has 0 fully saturated rings. The van der Waals surface area contributed by atoms with Crippen molar-refractivity contribution in [1.82, 2.24) is 5.32 Å². The maximum atomic E-state index is 5.97. The molecule has 0 amide bonds. The SMILES string of the molecule is C#CCNC(=S)Nc1cccc(Cl)c1C. The monoisotopic (exact) mass is 238 g/mol. The molecule has 4 heteroatoms. The fourth-order valence-corrected chi connectivity index (χ4v) is 1.40. The Kier molecular flexibility index (Phi) is 4.41. The number of rotatable bonds is 2. The van der Waals surface area contributed by atoms with Gasteiger partial charge in [-0.25, -0.2) is 0 Å². The lowest BCUT2D eigenvalue weighted by molar-refractivity contribution is 1.08. The molecule has 0 heterocycles. The number of terminal acetylenes is 1. The van der Waals surface area contributed by atoms with E-state index in [2.05, 4.69) is 16.6 Å².